The molecule has 0 aliphatic carbocycles. The van der Waals surface area contributed by atoms with E-state index in [4.69, 9.17) is 4.74 Å². The number of carbonyl (C=O) groups excluding carboxylic acids is 1. The van der Waals surface area contributed by atoms with Crippen molar-refractivity contribution in [3.63, 3.8) is 0 Å². The minimum Gasteiger partial charge on any atom is -0.508 e. The molecule has 80 valence electrons. The predicted octanol–water partition coefficient (Wildman–Crippen LogP) is 1.70. The molecule has 0 amide bonds. The lowest BCUT2D eigenvalue weighted by Crippen LogP contribution is -2.33. The van der Waals surface area contributed by atoms with Crippen molar-refractivity contribution >= 4 is 5.78 Å². The first-order valence-electron chi connectivity index (χ1n) is 4.77. The summed E-state index contributed by atoms with van der Waals surface area (Å²) in [5.41, 5.74) is 0.165. The lowest BCUT2D eigenvalue weighted by molar-refractivity contribution is 0.0724. The minimum absolute atomic E-state index is 0.110. The number of fused-ring (bicyclic) bond motifs is 1. The molecule has 0 radical (unpaired) electrons. The standard InChI is InChI=1S/C11H12O4/c1-5-6(2)15-9-4-7(12)3-8(13)10(9)11(5)14/h3-6,12-13H,1-2H3/t5?,6-/m1/s1. The van der Waals surface area contributed by atoms with Gasteiger partial charge in [0.05, 0.1) is 5.92 Å². The first-order valence-corrected chi connectivity index (χ1v) is 4.77. The summed E-state index contributed by atoms with van der Waals surface area (Å²) in [5.74, 6) is -0.521. The molecule has 0 bridgehead atoms. The van der Waals surface area contributed by atoms with Gasteiger partial charge in [-0.15, -0.1) is 0 Å². The topological polar surface area (TPSA) is 66.8 Å². The Morgan fingerprint density at radius 1 is 1.27 bits per heavy atom. The monoisotopic (exact) mass is 208 g/mol. The van der Waals surface area contributed by atoms with Crippen molar-refractivity contribution in [3.05, 3.63) is 17.7 Å². The molecule has 2 N–H and O–H groups in total. The van der Waals surface area contributed by atoms with Gasteiger partial charge >= 0.3 is 0 Å². The molecule has 1 heterocycles. The SMILES string of the molecule is CC1C(=O)c2c(O)cc(O)cc2O[C@@H]1C. The van der Waals surface area contributed by atoms with Crippen LogP contribution in [0.2, 0.25) is 0 Å². The number of hydrogen-bond acceptors (Lipinski definition) is 4. The normalized spacial score (nSPS) is 24.5. The molecule has 0 saturated carbocycles. The second kappa shape index (κ2) is 3.15. The van der Waals surface area contributed by atoms with Crippen LogP contribution >= 0.6 is 0 Å². The third-order valence-corrected chi connectivity index (χ3v) is 2.74. The molecular formula is C11H12O4. The highest BCUT2D eigenvalue weighted by Crippen LogP contribution is 2.39. The maximum atomic E-state index is 11.8. The summed E-state index contributed by atoms with van der Waals surface area (Å²) in [6.45, 7) is 3.54. The maximum absolute atomic E-state index is 11.8. The molecule has 1 aliphatic heterocycles. The van der Waals surface area contributed by atoms with Crippen LogP contribution in [0.25, 0.3) is 0 Å². The van der Waals surface area contributed by atoms with E-state index < -0.39 is 0 Å². The smallest absolute Gasteiger partial charge is 0.176 e. The van der Waals surface area contributed by atoms with Gasteiger partial charge in [0.25, 0.3) is 0 Å². The second-order valence-electron chi connectivity index (χ2n) is 3.81. The number of ether oxygens (including phenoxy) is 1. The fraction of sp³-hybridized carbons (Fsp3) is 0.364. The largest absolute Gasteiger partial charge is 0.508 e. The minimum atomic E-state index is -0.284. The zero-order valence-corrected chi connectivity index (χ0v) is 8.52. The Balaban J connectivity index is 2.60. The maximum Gasteiger partial charge on any atom is 0.176 e. The third-order valence-electron chi connectivity index (χ3n) is 2.74. The Hall–Kier alpha value is -1.71. The Labute approximate surface area is 87.1 Å². The van der Waals surface area contributed by atoms with Gasteiger partial charge in [-0.3, -0.25) is 4.79 Å². The molecule has 4 nitrogen and oxygen atoms in total. The summed E-state index contributed by atoms with van der Waals surface area (Å²) < 4.78 is 5.44. The van der Waals surface area contributed by atoms with Gasteiger partial charge in [0.15, 0.2) is 5.78 Å². The first-order chi connectivity index (χ1) is 7.00. The van der Waals surface area contributed by atoms with Crippen LogP contribution in [0.15, 0.2) is 12.1 Å². The molecule has 0 spiro atoms. The summed E-state index contributed by atoms with van der Waals surface area (Å²) in [6.07, 6.45) is -0.244. The van der Waals surface area contributed by atoms with Crippen LogP contribution in [-0.4, -0.2) is 22.1 Å². The molecule has 0 aromatic heterocycles. The number of benzene rings is 1. The van der Waals surface area contributed by atoms with E-state index in [1.807, 2.05) is 0 Å². The quantitative estimate of drug-likeness (QED) is 0.681. The summed E-state index contributed by atoms with van der Waals surface area (Å²) >= 11 is 0. The number of Topliss-reactive ketones (excluding diaryl/α,β-unsaturated/α-hetero) is 1. The van der Waals surface area contributed by atoms with E-state index in [9.17, 15) is 15.0 Å². The molecule has 0 fully saturated rings. The highest BCUT2D eigenvalue weighted by molar-refractivity contribution is 6.04. The molecule has 2 rings (SSSR count). The predicted molar refractivity (Wildman–Crippen MR) is 53.4 cm³/mol. The summed E-state index contributed by atoms with van der Waals surface area (Å²) in [6, 6.07) is 2.48. The zero-order valence-electron chi connectivity index (χ0n) is 8.52. The Morgan fingerprint density at radius 3 is 2.60 bits per heavy atom. The van der Waals surface area contributed by atoms with Gasteiger partial charge in [-0.05, 0) is 6.92 Å². The van der Waals surface area contributed by atoms with E-state index in [2.05, 4.69) is 0 Å². The molecule has 15 heavy (non-hydrogen) atoms. The average Bonchev–Trinajstić information content (AvgIpc) is 2.13. The summed E-state index contributed by atoms with van der Waals surface area (Å²) in [5, 5.41) is 18.8. The first kappa shape index (κ1) is 9.83. The highest BCUT2D eigenvalue weighted by Gasteiger charge is 2.33. The number of hydrogen-bond donors (Lipinski definition) is 2. The van der Waals surface area contributed by atoms with Crippen molar-refractivity contribution in [2.45, 2.75) is 20.0 Å². The van der Waals surface area contributed by atoms with Crippen LogP contribution in [0.3, 0.4) is 0 Å². The van der Waals surface area contributed by atoms with E-state index in [-0.39, 0.29) is 40.6 Å². The van der Waals surface area contributed by atoms with Crippen LogP contribution < -0.4 is 4.74 Å². The number of phenolic OH excluding ortho intramolecular Hbond substituents is 2. The van der Waals surface area contributed by atoms with Crippen LogP contribution in [-0.2, 0) is 0 Å². The number of aromatic hydroxyl groups is 2. The number of carbonyl (C=O) groups is 1. The second-order valence-corrected chi connectivity index (χ2v) is 3.81. The van der Waals surface area contributed by atoms with Gasteiger partial charge < -0.3 is 14.9 Å². The Morgan fingerprint density at radius 2 is 1.93 bits per heavy atom. The van der Waals surface area contributed by atoms with Crippen molar-refractivity contribution in [2.75, 3.05) is 0 Å². The van der Waals surface area contributed by atoms with E-state index in [0.29, 0.717) is 0 Å². The molecule has 1 aromatic rings. The molecule has 1 unspecified atom stereocenters. The molecule has 0 saturated heterocycles. The number of ketones is 1. The lowest BCUT2D eigenvalue weighted by atomic mass is 9.91. The molecule has 1 aromatic carbocycles. The molecule has 4 heteroatoms. The van der Waals surface area contributed by atoms with Gasteiger partial charge in [-0.2, -0.15) is 0 Å². The Kier molecular flexibility index (Phi) is 2.07. The van der Waals surface area contributed by atoms with Crippen LogP contribution in [0.5, 0.6) is 17.2 Å². The van der Waals surface area contributed by atoms with Crippen LogP contribution in [0.1, 0.15) is 24.2 Å². The van der Waals surface area contributed by atoms with E-state index in [0.717, 1.165) is 6.07 Å². The molecule has 1 aliphatic rings. The van der Waals surface area contributed by atoms with Crippen molar-refractivity contribution in [2.24, 2.45) is 5.92 Å². The van der Waals surface area contributed by atoms with Crippen molar-refractivity contribution in [1.29, 1.82) is 0 Å². The fourth-order valence-corrected chi connectivity index (χ4v) is 1.67. The molecule has 2 atom stereocenters. The van der Waals surface area contributed by atoms with E-state index >= 15 is 0 Å². The summed E-state index contributed by atoms with van der Waals surface area (Å²) in [7, 11) is 0. The van der Waals surface area contributed by atoms with E-state index in [1.54, 1.807) is 13.8 Å². The number of phenols is 2. The van der Waals surface area contributed by atoms with E-state index in [1.165, 1.54) is 6.07 Å². The Bertz CT molecular complexity index is 425. The molecular weight excluding hydrogens is 196 g/mol. The van der Waals surface area contributed by atoms with Gasteiger partial charge in [0.2, 0.25) is 0 Å². The van der Waals surface area contributed by atoms with Crippen molar-refractivity contribution in [3.8, 4) is 17.2 Å². The van der Waals surface area contributed by atoms with Crippen LogP contribution in [0.4, 0.5) is 0 Å². The average molecular weight is 208 g/mol. The van der Waals surface area contributed by atoms with Gasteiger partial charge in [0.1, 0.15) is 28.9 Å². The summed E-state index contributed by atoms with van der Waals surface area (Å²) in [4.78, 5) is 11.8. The lowest BCUT2D eigenvalue weighted by Gasteiger charge is -2.28. The van der Waals surface area contributed by atoms with Crippen molar-refractivity contribution < 1.29 is 19.7 Å². The van der Waals surface area contributed by atoms with Gasteiger partial charge in [-0.25, -0.2) is 0 Å². The van der Waals surface area contributed by atoms with Crippen molar-refractivity contribution in [1.82, 2.24) is 0 Å². The third kappa shape index (κ3) is 1.42. The van der Waals surface area contributed by atoms with Gasteiger partial charge in [0, 0.05) is 12.1 Å². The van der Waals surface area contributed by atoms with Crippen LogP contribution in [0, 0.1) is 5.92 Å². The van der Waals surface area contributed by atoms with Gasteiger partial charge in [-0.1, -0.05) is 6.92 Å². The highest BCUT2D eigenvalue weighted by atomic mass is 16.5. The fourth-order valence-electron chi connectivity index (χ4n) is 1.67. The number of rotatable bonds is 0. The zero-order chi connectivity index (χ0) is 11.2.